The fourth-order valence-corrected chi connectivity index (χ4v) is 2.26. The van der Waals surface area contributed by atoms with Crippen LogP contribution in [0, 0.1) is 13.8 Å². The quantitative estimate of drug-likeness (QED) is 0.897. The summed E-state index contributed by atoms with van der Waals surface area (Å²) in [4.78, 5) is 11.8. The molecule has 0 aliphatic rings. The zero-order chi connectivity index (χ0) is 17.0. The summed E-state index contributed by atoms with van der Waals surface area (Å²) in [6, 6.07) is 6.74. The number of rotatable bonds is 5. The lowest BCUT2D eigenvalue weighted by Crippen LogP contribution is -2.23. The first-order valence-corrected chi connectivity index (χ1v) is 7.24. The molecule has 0 atom stereocenters. The molecule has 0 fully saturated rings. The number of hydrogen-bond acceptors (Lipinski definition) is 2. The number of benzene rings is 1. The molecule has 0 bridgehead atoms. The number of amides is 1. The van der Waals surface area contributed by atoms with Crippen LogP contribution in [0.25, 0.3) is 0 Å². The number of carbonyl (C=O) groups excluding carboxylic acids is 1. The summed E-state index contributed by atoms with van der Waals surface area (Å²) in [5.41, 5.74) is 0.936. The Morgan fingerprint density at radius 2 is 1.83 bits per heavy atom. The first-order valence-electron chi connectivity index (χ1n) is 7.24. The summed E-state index contributed by atoms with van der Waals surface area (Å²) >= 11 is 0. The van der Waals surface area contributed by atoms with Crippen molar-refractivity contribution in [2.45, 2.75) is 39.4 Å². The number of carbonyl (C=O) groups is 1. The van der Waals surface area contributed by atoms with Crippen molar-refractivity contribution in [1.82, 2.24) is 5.32 Å². The molecule has 0 unspecified atom stereocenters. The maximum absolute atomic E-state index is 12.5. The Bertz CT molecular complexity index is 672. The van der Waals surface area contributed by atoms with Crippen molar-refractivity contribution in [1.29, 1.82) is 0 Å². The van der Waals surface area contributed by atoms with E-state index in [1.807, 2.05) is 19.9 Å². The molecule has 6 heteroatoms. The second-order valence-electron chi connectivity index (χ2n) is 5.41. The standard InChI is InChI=1S/C17H18F3NO2/c1-11-9-14(12(2)23-11)10-21-16(22)8-5-13-3-6-15(7-4-13)17(18,19)20/h3-4,6-7,9H,5,8,10H2,1-2H3,(H,21,22). The van der Waals surface area contributed by atoms with E-state index < -0.39 is 11.7 Å². The van der Waals surface area contributed by atoms with Crippen LogP contribution in [0.2, 0.25) is 0 Å². The minimum Gasteiger partial charge on any atom is -0.466 e. The van der Waals surface area contributed by atoms with Crippen molar-refractivity contribution in [3.63, 3.8) is 0 Å². The molecule has 2 aromatic rings. The third kappa shape index (κ3) is 4.87. The van der Waals surface area contributed by atoms with E-state index in [9.17, 15) is 18.0 Å². The maximum atomic E-state index is 12.5. The zero-order valence-electron chi connectivity index (χ0n) is 13.0. The topological polar surface area (TPSA) is 42.2 Å². The number of halogens is 3. The maximum Gasteiger partial charge on any atom is 0.416 e. The van der Waals surface area contributed by atoms with Gasteiger partial charge in [0.15, 0.2) is 0 Å². The normalized spacial score (nSPS) is 11.5. The minimum atomic E-state index is -4.34. The van der Waals surface area contributed by atoms with Gasteiger partial charge in [-0.3, -0.25) is 4.79 Å². The van der Waals surface area contributed by atoms with Gasteiger partial charge >= 0.3 is 6.18 Å². The predicted molar refractivity (Wildman–Crippen MR) is 79.8 cm³/mol. The van der Waals surface area contributed by atoms with Gasteiger partial charge in [0.05, 0.1) is 5.56 Å². The van der Waals surface area contributed by atoms with Crippen molar-refractivity contribution in [2.24, 2.45) is 0 Å². The van der Waals surface area contributed by atoms with Gasteiger partial charge in [-0.15, -0.1) is 0 Å². The summed E-state index contributed by atoms with van der Waals surface area (Å²) in [7, 11) is 0. The van der Waals surface area contributed by atoms with Crippen LogP contribution in [0.15, 0.2) is 34.7 Å². The molecule has 0 aliphatic carbocycles. The van der Waals surface area contributed by atoms with Crippen LogP contribution >= 0.6 is 0 Å². The van der Waals surface area contributed by atoms with E-state index in [1.165, 1.54) is 12.1 Å². The lowest BCUT2D eigenvalue weighted by atomic mass is 10.1. The largest absolute Gasteiger partial charge is 0.466 e. The molecule has 0 spiro atoms. The number of furan rings is 1. The van der Waals surface area contributed by atoms with Crippen LogP contribution in [0.3, 0.4) is 0 Å². The SMILES string of the molecule is Cc1cc(CNC(=O)CCc2ccc(C(F)(F)F)cc2)c(C)o1. The van der Waals surface area contributed by atoms with Crippen LogP contribution < -0.4 is 5.32 Å². The molecule has 23 heavy (non-hydrogen) atoms. The van der Waals surface area contributed by atoms with Crippen LogP contribution in [0.5, 0.6) is 0 Å². The summed E-state index contributed by atoms with van der Waals surface area (Å²) < 4.78 is 42.7. The molecule has 124 valence electrons. The van der Waals surface area contributed by atoms with E-state index in [0.29, 0.717) is 18.5 Å². The van der Waals surface area contributed by atoms with Crippen molar-refractivity contribution in [3.05, 3.63) is 58.5 Å². The summed E-state index contributed by atoms with van der Waals surface area (Å²) in [6.45, 7) is 4.05. The summed E-state index contributed by atoms with van der Waals surface area (Å²) in [5.74, 6) is 1.41. The second-order valence-corrected chi connectivity index (χ2v) is 5.41. The van der Waals surface area contributed by atoms with Crippen LogP contribution in [0.4, 0.5) is 13.2 Å². The third-order valence-corrected chi connectivity index (χ3v) is 3.54. The van der Waals surface area contributed by atoms with Gasteiger partial charge in [0, 0.05) is 18.5 Å². The Morgan fingerprint density at radius 1 is 1.17 bits per heavy atom. The van der Waals surface area contributed by atoms with Gasteiger partial charge in [-0.25, -0.2) is 0 Å². The molecule has 1 heterocycles. The highest BCUT2D eigenvalue weighted by Crippen LogP contribution is 2.29. The van der Waals surface area contributed by atoms with E-state index in [2.05, 4.69) is 5.32 Å². The first-order chi connectivity index (χ1) is 10.8. The average Bonchev–Trinajstić information content (AvgIpc) is 2.80. The Balaban J connectivity index is 1.81. The smallest absolute Gasteiger partial charge is 0.416 e. The fraction of sp³-hybridized carbons (Fsp3) is 0.353. The molecule has 1 amide bonds. The highest BCUT2D eigenvalue weighted by molar-refractivity contribution is 5.76. The molecule has 0 aliphatic heterocycles. The molecule has 0 radical (unpaired) electrons. The van der Waals surface area contributed by atoms with Gasteiger partial charge in [0.1, 0.15) is 11.5 Å². The Kier molecular flexibility index (Phi) is 5.13. The van der Waals surface area contributed by atoms with Gasteiger partial charge in [0.2, 0.25) is 5.91 Å². The van der Waals surface area contributed by atoms with Crippen LogP contribution in [-0.2, 0) is 23.9 Å². The number of alkyl halides is 3. The molecule has 0 saturated carbocycles. The average molecular weight is 325 g/mol. The van der Waals surface area contributed by atoms with Crippen molar-refractivity contribution in [2.75, 3.05) is 0 Å². The van der Waals surface area contributed by atoms with Crippen molar-refractivity contribution in [3.8, 4) is 0 Å². The Hall–Kier alpha value is -2.24. The Labute approximate surface area is 132 Å². The van der Waals surface area contributed by atoms with E-state index in [-0.39, 0.29) is 12.3 Å². The minimum absolute atomic E-state index is 0.150. The number of nitrogens with one attached hydrogen (secondary N) is 1. The summed E-state index contributed by atoms with van der Waals surface area (Å²) in [5, 5.41) is 2.78. The molecule has 1 aromatic heterocycles. The van der Waals surface area contributed by atoms with E-state index >= 15 is 0 Å². The van der Waals surface area contributed by atoms with Gasteiger partial charge in [-0.1, -0.05) is 12.1 Å². The van der Waals surface area contributed by atoms with Crippen LogP contribution in [0.1, 0.15) is 34.6 Å². The van der Waals surface area contributed by atoms with Gasteiger partial charge in [0.25, 0.3) is 0 Å². The van der Waals surface area contributed by atoms with Gasteiger partial charge < -0.3 is 9.73 Å². The molecule has 2 rings (SSSR count). The summed E-state index contributed by atoms with van der Waals surface area (Å²) in [6.07, 6.45) is -3.72. The van der Waals surface area contributed by atoms with Gasteiger partial charge in [-0.05, 0) is 44.0 Å². The van der Waals surface area contributed by atoms with E-state index in [1.54, 1.807) is 0 Å². The second kappa shape index (κ2) is 6.89. The number of hydrogen-bond donors (Lipinski definition) is 1. The van der Waals surface area contributed by atoms with Crippen LogP contribution in [-0.4, -0.2) is 5.91 Å². The highest BCUT2D eigenvalue weighted by Gasteiger charge is 2.29. The Morgan fingerprint density at radius 3 is 2.35 bits per heavy atom. The van der Waals surface area contributed by atoms with Gasteiger partial charge in [-0.2, -0.15) is 13.2 Å². The molecular formula is C17H18F3NO2. The molecule has 0 saturated heterocycles. The van der Waals surface area contributed by atoms with E-state index in [4.69, 9.17) is 4.42 Å². The highest BCUT2D eigenvalue weighted by atomic mass is 19.4. The lowest BCUT2D eigenvalue weighted by molar-refractivity contribution is -0.137. The molecule has 1 aromatic carbocycles. The van der Waals surface area contributed by atoms with Crippen molar-refractivity contribution >= 4 is 5.91 Å². The number of aryl methyl sites for hydroxylation is 3. The molecular weight excluding hydrogens is 307 g/mol. The third-order valence-electron chi connectivity index (χ3n) is 3.54. The lowest BCUT2D eigenvalue weighted by Gasteiger charge is -2.08. The molecule has 3 nitrogen and oxygen atoms in total. The fourth-order valence-electron chi connectivity index (χ4n) is 2.26. The predicted octanol–water partition coefficient (Wildman–Crippen LogP) is 4.16. The van der Waals surface area contributed by atoms with E-state index in [0.717, 1.165) is 29.2 Å². The molecule has 1 N–H and O–H groups in total. The van der Waals surface area contributed by atoms with Crippen molar-refractivity contribution < 1.29 is 22.4 Å². The first kappa shape index (κ1) is 17.1. The monoisotopic (exact) mass is 325 g/mol. The zero-order valence-corrected chi connectivity index (χ0v) is 13.0.